The Morgan fingerprint density at radius 2 is 2.24 bits per heavy atom. The van der Waals surface area contributed by atoms with Gasteiger partial charge in [0.2, 0.25) is 10.0 Å². The molecule has 1 aromatic rings. The normalized spacial score (nSPS) is 25.3. The van der Waals surface area contributed by atoms with Gasteiger partial charge in [-0.25, -0.2) is 13.1 Å². The van der Waals surface area contributed by atoms with Crippen molar-refractivity contribution in [2.24, 2.45) is 5.92 Å². The topological polar surface area (TPSA) is 66.4 Å². The number of hydrogen-bond acceptors (Lipinski definition) is 4. The molecule has 7 heteroatoms. The summed E-state index contributed by atoms with van der Waals surface area (Å²) in [5.41, 5.74) is 0. The van der Waals surface area contributed by atoms with E-state index in [-0.39, 0.29) is 12.0 Å². The number of hydrogen-bond donors (Lipinski definition) is 2. The van der Waals surface area contributed by atoms with Crippen molar-refractivity contribution in [2.45, 2.75) is 29.6 Å². The first-order valence-electron chi connectivity index (χ1n) is 5.40. The van der Waals surface area contributed by atoms with Gasteiger partial charge in [-0.2, -0.15) is 0 Å². The monoisotopic (exact) mass is 339 g/mol. The van der Waals surface area contributed by atoms with Crippen LogP contribution in [0.5, 0.6) is 0 Å². The molecule has 1 saturated carbocycles. The van der Waals surface area contributed by atoms with Crippen LogP contribution in [-0.4, -0.2) is 26.2 Å². The number of sulfonamides is 1. The second kappa shape index (κ2) is 5.36. The molecule has 2 rings (SSSR count). The van der Waals surface area contributed by atoms with Gasteiger partial charge >= 0.3 is 0 Å². The maximum Gasteiger partial charge on any atom is 0.250 e. The Balaban J connectivity index is 1.94. The molecule has 1 aliphatic carbocycles. The molecule has 1 heterocycles. The van der Waals surface area contributed by atoms with E-state index in [1.807, 2.05) is 0 Å². The maximum absolute atomic E-state index is 11.9. The molecule has 17 heavy (non-hydrogen) atoms. The fourth-order valence-electron chi connectivity index (χ4n) is 1.97. The molecule has 96 valence electrons. The largest absolute Gasteiger partial charge is 0.393 e. The van der Waals surface area contributed by atoms with Gasteiger partial charge in [0.25, 0.3) is 0 Å². The van der Waals surface area contributed by atoms with Crippen LogP contribution in [0.15, 0.2) is 20.1 Å². The Morgan fingerprint density at radius 3 is 2.76 bits per heavy atom. The maximum atomic E-state index is 11.9. The summed E-state index contributed by atoms with van der Waals surface area (Å²) in [7, 11) is -3.39. The van der Waals surface area contributed by atoms with Gasteiger partial charge < -0.3 is 5.11 Å². The van der Waals surface area contributed by atoms with Crippen molar-refractivity contribution in [2.75, 3.05) is 6.54 Å². The summed E-state index contributed by atoms with van der Waals surface area (Å²) in [6.45, 7) is 0.412. The van der Waals surface area contributed by atoms with Crippen molar-refractivity contribution < 1.29 is 13.5 Å². The number of aliphatic hydroxyl groups excluding tert-OH is 1. The van der Waals surface area contributed by atoms with E-state index in [0.29, 0.717) is 17.2 Å². The van der Waals surface area contributed by atoms with Crippen LogP contribution >= 0.6 is 27.3 Å². The van der Waals surface area contributed by atoms with E-state index < -0.39 is 10.0 Å². The van der Waals surface area contributed by atoms with Crippen molar-refractivity contribution in [3.63, 3.8) is 0 Å². The van der Waals surface area contributed by atoms with E-state index >= 15 is 0 Å². The first-order valence-corrected chi connectivity index (χ1v) is 8.50. The zero-order valence-corrected chi connectivity index (χ0v) is 12.3. The average Bonchev–Trinajstić information content (AvgIpc) is 2.85. The van der Waals surface area contributed by atoms with Gasteiger partial charge in [0.05, 0.1) is 9.89 Å². The number of halogens is 1. The van der Waals surface area contributed by atoms with Crippen molar-refractivity contribution in [1.82, 2.24) is 4.72 Å². The first-order chi connectivity index (χ1) is 7.97. The highest BCUT2D eigenvalue weighted by atomic mass is 79.9. The summed E-state index contributed by atoms with van der Waals surface area (Å²) < 4.78 is 27.5. The summed E-state index contributed by atoms with van der Waals surface area (Å²) in [6.07, 6.45) is 2.09. The highest BCUT2D eigenvalue weighted by Gasteiger charge is 2.25. The lowest BCUT2D eigenvalue weighted by molar-refractivity contribution is 0.178. The molecule has 2 N–H and O–H groups in total. The third kappa shape index (κ3) is 3.51. The third-order valence-electron chi connectivity index (χ3n) is 2.89. The van der Waals surface area contributed by atoms with Gasteiger partial charge in [-0.1, -0.05) is 0 Å². The van der Waals surface area contributed by atoms with Gasteiger partial charge in [0.1, 0.15) is 4.21 Å². The molecule has 2 unspecified atom stereocenters. The summed E-state index contributed by atoms with van der Waals surface area (Å²) in [6, 6.07) is 3.30. The van der Waals surface area contributed by atoms with E-state index in [2.05, 4.69) is 20.7 Å². The Hall–Kier alpha value is 0.0500. The SMILES string of the molecule is O=S(=O)(NCC1CCC(O)C1)c1ccc(Br)s1. The summed E-state index contributed by atoms with van der Waals surface area (Å²) in [4.78, 5) is 0. The molecule has 1 aliphatic rings. The fourth-order valence-corrected chi connectivity index (χ4v) is 5.15. The molecular formula is C10H14BrNO3S2. The molecule has 0 aliphatic heterocycles. The molecule has 1 aromatic heterocycles. The molecule has 1 fully saturated rings. The molecular weight excluding hydrogens is 326 g/mol. The molecule has 2 atom stereocenters. The van der Waals surface area contributed by atoms with E-state index in [9.17, 15) is 13.5 Å². The van der Waals surface area contributed by atoms with Crippen molar-refractivity contribution in [3.05, 3.63) is 15.9 Å². The summed E-state index contributed by atoms with van der Waals surface area (Å²) in [5, 5.41) is 9.37. The highest BCUT2D eigenvalue weighted by molar-refractivity contribution is 9.11. The first kappa shape index (κ1) is 13.5. The van der Waals surface area contributed by atoms with Gasteiger partial charge in [0.15, 0.2) is 0 Å². The Bertz CT molecular complexity index is 485. The Labute approximate surface area is 113 Å². The van der Waals surface area contributed by atoms with E-state index in [1.165, 1.54) is 11.3 Å². The van der Waals surface area contributed by atoms with Gasteiger partial charge in [-0.3, -0.25) is 0 Å². The summed E-state index contributed by atoms with van der Waals surface area (Å²) in [5.74, 6) is 0.253. The van der Waals surface area contributed by atoms with E-state index in [0.717, 1.165) is 16.6 Å². The summed E-state index contributed by atoms with van der Waals surface area (Å²) >= 11 is 4.44. The molecule has 0 saturated heterocycles. The lowest BCUT2D eigenvalue weighted by Gasteiger charge is -2.10. The van der Waals surface area contributed by atoms with E-state index in [4.69, 9.17) is 0 Å². The van der Waals surface area contributed by atoms with Crippen molar-refractivity contribution in [1.29, 1.82) is 0 Å². The standard InChI is InChI=1S/C10H14BrNO3S2/c11-9-3-4-10(16-9)17(14,15)12-6-7-1-2-8(13)5-7/h3-4,7-8,12-13H,1-2,5-6H2. The minimum Gasteiger partial charge on any atom is -0.393 e. The fraction of sp³-hybridized carbons (Fsp3) is 0.600. The van der Waals surface area contributed by atoms with Crippen LogP contribution in [0.4, 0.5) is 0 Å². The van der Waals surface area contributed by atoms with Crippen LogP contribution in [0.25, 0.3) is 0 Å². The number of nitrogens with one attached hydrogen (secondary N) is 1. The predicted octanol–water partition coefficient (Wildman–Crippen LogP) is 1.95. The zero-order chi connectivity index (χ0) is 12.5. The minimum atomic E-state index is -3.39. The molecule has 0 spiro atoms. The zero-order valence-electron chi connectivity index (χ0n) is 9.10. The second-order valence-corrected chi connectivity index (χ2v) is 8.70. The highest BCUT2D eigenvalue weighted by Crippen LogP contribution is 2.27. The molecule has 0 radical (unpaired) electrons. The molecule has 4 nitrogen and oxygen atoms in total. The quantitative estimate of drug-likeness (QED) is 0.880. The minimum absolute atomic E-state index is 0.253. The molecule has 0 amide bonds. The molecule has 0 bridgehead atoms. The van der Waals surface area contributed by atoms with Gasteiger partial charge in [0, 0.05) is 6.54 Å². The molecule has 0 aromatic carbocycles. The predicted molar refractivity (Wildman–Crippen MR) is 70.6 cm³/mol. The number of aliphatic hydroxyl groups is 1. The van der Waals surface area contributed by atoms with Crippen LogP contribution in [0.1, 0.15) is 19.3 Å². The lowest BCUT2D eigenvalue weighted by atomic mass is 10.1. The van der Waals surface area contributed by atoms with Crippen LogP contribution in [-0.2, 0) is 10.0 Å². The Morgan fingerprint density at radius 1 is 1.47 bits per heavy atom. The van der Waals surface area contributed by atoms with Crippen molar-refractivity contribution >= 4 is 37.3 Å². The Kier molecular flexibility index (Phi) is 4.25. The van der Waals surface area contributed by atoms with Crippen molar-refractivity contribution in [3.8, 4) is 0 Å². The average molecular weight is 340 g/mol. The van der Waals surface area contributed by atoms with Crippen LogP contribution < -0.4 is 4.72 Å². The van der Waals surface area contributed by atoms with Gasteiger partial charge in [-0.05, 0) is 53.2 Å². The van der Waals surface area contributed by atoms with Gasteiger partial charge in [-0.15, -0.1) is 11.3 Å². The van der Waals surface area contributed by atoms with Crippen LogP contribution in [0.2, 0.25) is 0 Å². The number of thiophene rings is 1. The van der Waals surface area contributed by atoms with Crippen LogP contribution in [0.3, 0.4) is 0 Å². The third-order valence-corrected chi connectivity index (χ3v) is 6.43. The van der Waals surface area contributed by atoms with Crippen LogP contribution in [0, 0.1) is 5.92 Å². The lowest BCUT2D eigenvalue weighted by Crippen LogP contribution is -2.28. The second-order valence-electron chi connectivity index (χ2n) is 4.24. The smallest absolute Gasteiger partial charge is 0.250 e. The van der Waals surface area contributed by atoms with E-state index in [1.54, 1.807) is 12.1 Å². The number of rotatable bonds is 4.